The predicted octanol–water partition coefficient (Wildman–Crippen LogP) is 3.49. The van der Waals surface area contributed by atoms with Gasteiger partial charge < -0.3 is 19.3 Å². The molecule has 0 radical (unpaired) electrons. The molecule has 1 aromatic carbocycles. The molecule has 0 N–H and O–H groups in total. The van der Waals surface area contributed by atoms with Crippen molar-refractivity contribution < 1.29 is 19.1 Å². The second-order valence-corrected chi connectivity index (χ2v) is 8.44. The minimum absolute atomic E-state index is 0.0613. The van der Waals surface area contributed by atoms with Gasteiger partial charge in [0.1, 0.15) is 17.3 Å². The average molecular weight is 448 g/mol. The molecule has 3 aromatic rings. The number of carbonyl (C=O) groups is 2. The third-order valence-corrected chi connectivity index (χ3v) is 6.25. The molecule has 5 rings (SSSR count). The lowest BCUT2D eigenvalue weighted by molar-refractivity contribution is -0.133. The largest absolute Gasteiger partial charge is 0.484 e. The third-order valence-electron chi connectivity index (χ3n) is 5.43. The predicted molar refractivity (Wildman–Crippen MR) is 122 cm³/mol. The fourth-order valence-corrected chi connectivity index (χ4v) is 4.37. The summed E-state index contributed by atoms with van der Waals surface area (Å²) in [5.74, 6) is 1.95. The van der Waals surface area contributed by atoms with Gasteiger partial charge in [0.15, 0.2) is 12.4 Å². The summed E-state index contributed by atoms with van der Waals surface area (Å²) in [4.78, 5) is 34.4. The van der Waals surface area contributed by atoms with Gasteiger partial charge in [-0.05, 0) is 35.7 Å². The number of hydrogen-bond donors (Lipinski definition) is 0. The molecule has 2 aliphatic heterocycles. The molecule has 2 aliphatic rings. The molecule has 32 heavy (non-hydrogen) atoms. The Hall–Kier alpha value is -3.65. The molecular weight excluding hydrogens is 426 g/mol. The Morgan fingerprint density at radius 2 is 2.00 bits per heavy atom. The lowest BCUT2D eigenvalue weighted by Crippen LogP contribution is -2.50. The van der Waals surface area contributed by atoms with Crippen LogP contribution in [0.25, 0.3) is 6.08 Å². The normalized spacial score (nSPS) is 16.8. The van der Waals surface area contributed by atoms with Crippen molar-refractivity contribution in [3.63, 3.8) is 0 Å². The van der Waals surface area contributed by atoms with E-state index in [4.69, 9.17) is 9.47 Å². The van der Waals surface area contributed by atoms with E-state index in [9.17, 15) is 9.59 Å². The molecule has 0 aliphatic carbocycles. The summed E-state index contributed by atoms with van der Waals surface area (Å²) in [5.41, 5.74) is 0.497. The monoisotopic (exact) mass is 447 g/mol. The van der Waals surface area contributed by atoms with Gasteiger partial charge in [-0.1, -0.05) is 12.1 Å². The van der Waals surface area contributed by atoms with E-state index in [1.165, 1.54) is 11.3 Å². The molecule has 8 heteroatoms. The van der Waals surface area contributed by atoms with Gasteiger partial charge >= 0.3 is 0 Å². The molecule has 1 saturated heterocycles. The first kappa shape index (κ1) is 20.3. The van der Waals surface area contributed by atoms with Gasteiger partial charge in [-0.3, -0.25) is 9.59 Å². The van der Waals surface area contributed by atoms with Crippen molar-refractivity contribution in [3.8, 4) is 11.5 Å². The number of benzene rings is 1. The van der Waals surface area contributed by atoms with Crippen molar-refractivity contribution in [3.05, 3.63) is 76.3 Å². The first-order chi connectivity index (χ1) is 15.7. The fraction of sp³-hybridized carbons (Fsp3) is 0.208. The van der Waals surface area contributed by atoms with Crippen molar-refractivity contribution in [2.24, 2.45) is 0 Å². The molecule has 7 nitrogen and oxygen atoms in total. The molecule has 162 valence electrons. The van der Waals surface area contributed by atoms with Crippen LogP contribution in [0.4, 0.5) is 5.82 Å². The van der Waals surface area contributed by atoms with Crippen LogP contribution in [-0.2, 0) is 4.79 Å². The molecule has 1 fully saturated rings. The van der Waals surface area contributed by atoms with Crippen molar-refractivity contribution in [2.75, 3.05) is 37.7 Å². The molecule has 2 aromatic heterocycles. The van der Waals surface area contributed by atoms with Crippen molar-refractivity contribution in [2.45, 2.75) is 0 Å². The van der Waals surface area contributed by atoms with E-state index in [1.807, 2.05) is 35.7 Å². The number of Topliss-reactive ketones (excluding diaryl/α,β-unsaturated/α-hetero) is 1. The minimum Gasteiger partial charge on any atom is -0.484 e. The third kappa shape index (κ3) is 4.22. The maximum atomic E-state index is 12.6. The minimum atomic E-state index is -0.151. The number of rotatable bonds is 5. The number of thiophene rings is 1. The fourth-order valence-electron chi connectivity index (χ4n) is 3.72. The van der Waals surface area contributed by atoms with Crippen LogP contribution >= 0.6 is 11.3 Å². The average Bonchev–Trinajstić information content (AvgIpc) is 3.46. The van der Waals surface area contributed by atoms with Gasteiger partial charge in [-0.25, -0.2) is 4.98 Å². The van der Waals surface area contributed by atoms with E-state index in [1.54, 1.807) is 35.4 Å². The number of anilines is 1. The maximum Gasteiger partial charge on any atom is 0.260 e. The lowest BCUT2D eigenvalue weighted by Gasteiger charge is -2.35. The number of carbonyl (C=O) groups excluding carboxylic acids is 2. The Labute approximate surface area is 189 Å². The number of amides is 1. The topological polar surface area (TPSA) is 72.0 Å². The van der Waals surface area contributed by atoms with E-state index in [-0.39, 0.29) is 18.3 Å². The summed E-state index contributed by atoms with van der Waals surface area (Å²) in [7, 11) is 0. The van der Waals surface area contributed by atoms with Gasteiger partial charge in [0.05, 0.1) is 5.56 Å². The Bertz CT molecular complexity index is 1150. The Morgan fingerprint density at radius 3 is 2.75 bits per heavy atom. The Morgan fingerprint density at radius 1 is 1.12 bits per heavy atom. The molecule has 4 heterocycles. The number of allylic oxidation sites excluding steroid dienone is 1. The van der Waals surface area contributed by atoms with Crippen LogP contribution in [0.2, 0.25) is 0 Å². The van der Waals surface area contributed by atoms with Gasteiger partial charge in [-0.15, -0.1) is 11.3 Å². The van der Waals surface area contributed by atoms with Crippen molar-refractivity contribution in [1.82, 2.24) is 9.88 Å². The first-order valence-corrected chi connectivity index (χ1v) is 11.2. The maximum absolute atomic E-state index is 12.6. The summed E-state index contributed by atoms with van der Waals surface area (Å²) >= 11 is 1.54. The van der Waals surface area contributed by atoms with Gasteiger partial charge in [0.25, 0.3) is 5.91 Å². The van der Waals surface area contributed by atoms with Crippen LogP contribution < -0.4 is 14.4 Å². The smallest absolute Gasteiger partial charge is 0.260 e. The van der Waals surface area contributed by atoms with Crippen LogP contribution in [0.5, 0.6) is 11.5 Å². The van der Waals surface area contributed by atoms with E-state index in [0.717, 1.165) is 23.8 Å². The second kappa shape index (κ2) is 8.84. The number of piperazine rings is 1. The highest BCUT2D eigenvalue weighted by molar-refractivity contribution is 7.10. The van der Waals surface area contributed by atoms with Crippen molar-refractivity contribution >= 4 is 34.9 Å². The number of pyridine rings is 1. The van der Waals surface area contributed by atoms with E-state index in [2.05, 4.69) is 9.88 Å². The zero-order valence-corrected chi connectivity index (χ0v) is 18.1. The second-order valence-electron chi connectivity index (χ2n) is 7.46. The Kier molecular flexibility index (Phi) is 5.60. The highest BCUT2D eigenvalue weighted by atomic mass is 32.1. The molecular formula is C24H21N3O4S. The summed E-state index contributed by atoms with van der Waals surface area (Å²) < 4.78 is 11.4. The van der Waals surface area contributed by atoms with Crippen LogP contribution in [-0.4, -0.2) is 54.4 Å². The SMILES string of the molecule is O=C1C(=Cc2cccs2)Oc2cc(OCC(=O)N3CCN(c4ccccn4)CC3)ccc21. The van der Waals surface area contributed by atoms with Crippen LogP contribution in [0.3, 0.4) is 0 Å². The van der Waals surface area contributed by atoms with Gasteiger partial charge in [-0.2, -0.15) is 0 Å². The molecule has 1 amide bonds. The van der Waals surface area contributed by atoms with Crippen LogP contribution in [0.15, 0.2) is 65.9 Å². The summed E-state index contributed by atoms with van der Waals surface area (Å²) in [5, 5.41) is 1.94. The highest BCUT2D eigenvalue weighted by Crippen LogP contribution is 2.35. The Balaban J connectivity index is 1.16. The quantitative estimate of drug-likeness (QED) is 0.558. The number of aromatic nitrogens is 1. The molecule has 0 saturated carbocycles. The van der Waals surface area contributed by atoms with E-state index < -0.39 is 0 Å². The van der Waals surface area contributed by atoms with Gasteiger partial charge in [0.2, 0.25) is 5.78 Å². The molecule has 0 atom stereocenters. The molecule has 0 bridgehead atoms. The molecule has 0 unspecified atom stereocenters. The first-order valence-electron chi connectivity index (χ1n) is 10.4. The highest BCUT2D eigenvalue weighted by Gasteiger charge is 2.28. The standard InChI is InChI=1S/C24H21N3O4S/c28-23(27-11-9-26(10-12-27)22-5-1-2-8-25-22)16-30-17-6-7-19-20(14-17)31-21(24(19)29)15-18-4-3-13-32-18/h1-8,13-15H,9-12,16H2. The van der Waals surface area contributed by atoms with Gasteiger partial charge in [0, 0.05) is 49.4 Å². The number of fused-ring (bicyclic) bond motifs is 1. The summed E-state index contributed by atoms with van der Waals surface area (Å²) in [6.07, 6.45) is 3.51. The molecule has 0 spiro atoms. The number of hydrogen-bond acceptors (Lipinski definition) is 7. The summed E-state index contributed by atoms with van der Waals surface area (Å²) in [6.45, 7) is 2.65. The lowest BCUT2D eigenvalue weighted by atomic mass is 10.1. The summed E-state index contributed by atoms with van der Waals surface area (Å²) in [6, 6.07) is 14.7. The van der Waals surface area contributed by atoms with Crippen LogP contribution in [0.1, 0.15) is 15.2 Å². The van der Waals surface area contributed by atoms with Crippen LogP contribution in [0, 0.1) is 0 Å². The van der Waals surface area contributed by atoms with Crippen molar-refractivity contribution in [1.29, 1.82) is 0 Å². The van der Waals surface area contributed by atoms with E-state index in [0.29, 0.717) is 35.9 Å². The zero-order chi connectivity index (χ0) is 21.9. The number of nitrogens with zero attached hydrogens (tertiary/aromatic N) is 3. The zero-order valence-electron chi connectivity index (χ0n) is 17.3. The number of ketones is 1. The number of ether oxygens (including phenoxy) is 2. The van der Waals surface area contributed by atoms with E-state index >= 15 is 0 Å².